The maximum absolute atomic E-state index is 13.5. The number of aryl methyl sites for hydroxylation is 1. The number of anilines is 1. The molecule has 5 rings (SSSR count). The highest BCUT2D eigenvalue weighted by atomic mass is 16.5. The van der Waals surface area contributed by atoms with Crippen LogP contribution >= 0.6 is 0 Å². The van der Waals surface area contributed by atoms with Crippen molar-refractivity contribution in [3.8, 4) is 5.75 Å². The summed E-state index contributed by atoms with van der Waals surface area (Å²) in [6.07, 6.45) is 1.90. The lowest BCUT2D eigenvalue weighted by Crippen LogP contribution is -2.42. The zero-order chi connectivity index (χ0) is 24.5. The zero-order valence-corrected chi connectivity index (χ0v) is 19.9. The molecule has 35 heavy (non-hydrogen) atoms. The molecule has 2 aliphatic rings. The summed E-state index contributed by atoms with van der Waals surface area (Å²) in [4.78, 5) is 15.3. The summed E-state index contributed by atoms with van der Waals surface area (Å²) < 4.78 is 5.34. The second-order valence-electron chi connectivity index (χ2n) is 8.99. The van der Waals surface area contributed by atoms with Crippen LogP contribution in [0.5, 0.6) is 5.75 Å². The average Bonchev–Trinajstić information content (AvgIpc) is 2.89. The number of amidine groups is 1. The highest BCUT2D eigenvalue weighted by Crippen LogP contribution is 2.48. The van der Waals surface area contributed by atoms with E-state index >= 15 is 0 Å². The van der Waals surface area contributed by atoms with Gasteiger partial charge in [-0.3, -0.25) is 15.1 Å². The van der Waals surface area contributed by atoms with E-state index in [0.717, 1.165) is 28.9 Å². The van der Waals surface area contributed by atoms with Crippen LogP contribution in [0.3, 0.4) is 0 Å². The van der Waals surface area contributed by atoms with Crippen molar-refractivity contribution in [3.63, 3.8) is 0 Å². The Labute approximate surface area is 205 Å². The van der Waals surface area contributed by atoms with Crippen molar-refractivity contribution >= 4 is 23.1 Å². The smallest absolute Gasteiger partial charge is 0.161 e. The van der Waals surface area contributed by atoms with Gasteiger partial charge in [0.05, 0.1) is 7.11 Å². The van der Waals surface area contributed by atoms with Gasteiger partial charge >= 0.3 is 0 Å². The van der Waals surface area contributed by atoms with E-state index in [1.165, 1.54) is 0 Å². The van der Waals surface area contributed by atoms with Gasteiger partial charge in [-0.05, 0) is 49.6 Å². The molecular formula is C30H28N2O3. The molecule has 0 saturated carbocycles. The predicted molar refractivity (Wildman–Crippen MR) is 139 cm³/mol. The molecule has 0 spiro atoms. The number of Topliss-reactive ketones (excluding diaryl/α,β-unsaturated/α-hetero) is 1. The summed E-state index contributed by atoms with van der Waals surface area (Å²) in [5.41, 5.74) is 5.29. The van der Waals surface area contributed by atoms with Crippen molar-refractivity contribution in [3.05, 3.63) is 112 Å². The van der Waals surface area contributed by atoms with Gasteiger partial charge in [0.15, 0.2) is 5.78 Å². The van der Waals surface area contributed by atoms with Crippen molar-refractivity contribution in [2.24, 2.45) is 0 Å². The van der Waals surface area contributed by atoms with E-state index in [1.54, 1.807) is 7.11 Å². The minimum Gasteiger partial charge on any atom is -0.507 e. The van der Waals surface area contributed by atoms with Crippen LogP contribution in [0.2, 0.25) is 0 Å². The highest BCUT2D eigenvalue weighted by molar-refractivity contribution is 6.19. The number of ether oxygens (including phenoxy) is 1. The lowest BCUT2D eigenvalue weighted by atomic mass is 9.73. The van der Waals surface area contributed by atoms with E-state index in [4.69, 9.17) is 4.74 Å². The molecule has 0 aromatic heterocycles. The molecule has 1 heterocycles. The molecular weight excluding hydrogens is 436 g/mol. The number of methoxy groups -OCH3 is 1. The third-order valence-corrected chi connectivity index (χ3v) is 6.80. The van der Waals surface area contributed by atoms with Gasteiger partial charge in [0.25, 0.3) is 0 Å². The van der Waals surface area contributed by atoms with E-state index in [0.29, 0.717) is 35.3 Å². The Morgan fingerprint density at radius 2 is 1.66 bits per heavy atom. The first-order valence-electron chi connectivity index (χ1n) is 11.8. The first kappa shape index (κ1) is 22.7. The van der Waals surface area contributed by atoms with Crippen LogP contribution in [-0.2, 0) is 4.79 Å². The van der Waals surface area contributed by atoms with Crippen molar-refractivity contribution in [2.75, 3.05) is 12.0 Å². The predicted octanol–water partition coefficient (Wildman–Crippen LogP) is 6.56. The van der Waals surface area contributed by atoms with Gasteiger partial charge in [-0.1, -0.05) is 60.2 Å². The van der Waals surface area contributed by atoms with E-state index in [2.05, 4.69) is 0 Å². The van der Waals surface area contributed by atoms with E-state index in [1.807, 2.05) is 90.7 Å². The van der Waals surface area contributed by atoms with Gasteiger partial charge in [0.2, 0.25) is 0 Å². The molecule has 176 valence electrons. The lowest BCUT2D eigenvalue weighted by molar-refractivity contribution is -0.116. The Kier molecular flexibility index (Phi) is 6.00. The molecule has 5 nitrogen and oxygen atoms in total. The molecule has 0 saturated heterocycles. The Morgan fingerprint density at radius 1 is 0.971 bits per heavy atom. The van der Waals surface area contributed by atoms with Crippen LogP contribution in [0.1, 0.15) is 41.9 Å². The fourth-order valence-corrected chi connectivity index (χ4v) is 5.05. The summed E-state index contributed by atoms with van der Waals surface area (Å²) in [6, 6.07) is 24.8. The molecule has 0 radical (unpaired) electrons. The van der Waals surface area contributed by atoms with Crippen LogP contribution in [-0.4, -0.2) is 23.8 Å². The zero-order valence-electron chi connectivity index (χ0n) is 19.9. The Morgan fingerprint density at radius 3 is 2.31 bits per heavy atom. The second-order valence-corrected chi connectivity index (χ2v) is 8.99. The number of hydrogen-bond acceptors (Lipinski definition) is 4. The minimum atomic E-state index is -0.544. The number of carbonyl (C=O) groups is 1. The van der Waals surface area contributed by atoms with Crippen LogP contribution < -0.4 is 9.64 Å². The monoisotopic (exact) mass is 464 g/mol. The number of carbonyl (C=O) groups excluding carboxylic acids is 1. The summed E-state index contributed by atoms with van der Waals surface area (Å²) in [6.45, 7) is 1.99. The fraction of sp³-hybridized carbons (Fsp3) is 0.200. The van der Waals surface area contributed by atoms with Crippen LogP contribution in [0.4, 0.5) is 5.69 Å². The van der Waals surface area contributed by atoms with Crippen molar-refractivity contribution in [1.82, 2.24) is 0 Å². The standard InChI is InChI=1S/C30H28N2O3/c1-19-11-13-21(14-12-19)29(34)28-26(20-15-17-23(35-2)18-16-20)27-24(9-6-10-25(27)33)32(30(28)31)22-7-4-3-5-8-22/h3-5,7-8,11-18,26,31,34H,6,9-10H2,1-2H3/b29-28+,31-30?/t26-/m0/s1. The molecule has 1 aliphatic carbocycles. The topological polar surface area (TPSA) is 73.6 Å². The first-order valence-corrected chi connectivity index (χ1v) is 11.8. The van der Waals surface area contributed by atoms with E-state index < -0.39 is 5.92 Å². The van der Waals surface area contributed by atoms with Crippen LogP contribution in [0.15, 0.2) is 95.7 Å². The number of benzene rings is 3. The van der Waals surface area contributed by atoms with Crippen LogP contribution in [0, 0.1) is 12.3 Å². The van der Waals surface area contributed by atoms with Crippen molar-refractivity contribution < 1.29 is 14.6 Å². The third-order valence-electron chi connectivity index (χ3n) is 6.80. The number of rotatable bonds is 4. The lowest BCUT2D eigenvalue weighted by Gasteiger charge is -2.41. The number of ketones is 1. The molecule has 0 unspecified atom stereocenters. The Bertz CT molecular complexity index is 1340. The molecule has 3 aromatic carbocycles. The van der Waals surface area contributed by atoms with Gasteiger partial charge < -0.3 is 9.84 Å². The number of allylic oxidation sites excluding steroid dienone is 2. The van der Waals surface area contributed by atoms with Gasteiger partial charge in [-0.2, -0.15) is 0 Å². The maximum Gasteiger partial charge on any atom is 0.161 e. The summed E-state index contributed by atoms with van der Waals surface area (Å²) in [5, 5.41) is 21.0. The van der Waals surface area contributed by atoms with Gasteiger partial charge in [-0.25, -0.2) is 0 Å². The molecule has 1 aliphatic heterocycles. The molecule has 2 N–H and O–H groups in total. The molecule has 0 amide bonds. The number of nitrogens with one attached hydrogen (secondary N) is 1. The van der Waals surface area contributed by atoms with Gasteiger partial charge in [0, 0.05) is 40.4 Å². The third kappa shape index (κ3) is 4.03. The normalized spacial score (nSPS) is 19.5. The Hall–Kier alpha value is -4.12. The van der Waals surface area contributed by atoms with Crippen molar-refractivity contribution in [2.45, 2.75) is 32.1 Å². The second kappa shape index (κ2) is 9.26. The highest BCUT2D eigenvalue weighted by Gasteiger charge is 2.43. The fourth-order valence-electron chi connectivity index (χ4n) is 5.05. The summed E-state index contributed by atoms with van der Waals surface area (Å²) in [7, 11) is 1.61. The average molecular weight is 465 g/mol. The first-order chi connectivity index (χ1) is 17.0. The number of aliphatic hydroxyl groups is 1. The molecule has 1 atom stereocenters. The Balaban J connectivity index is 1.81. The molecule has 0 bridgehead atoms. The van der Waals surface area contributed by atoms with Crippen LogP contribution in [0.25, 0.3) is 5.76 Å². The quantitative estimate of drug-likeness (QED) is 0.429. The summed E-state index contributed by atoms with van der Waals surface area (Å²) >= 11 is 0. The largest absolute Gasteiger partial charge is 0.507 e. The van der Waals surface area contributed by atoms with E-state index in [9.17, 15) is 15.3 Å². The molecule has 0 fully saturated rings. The SMILES string of the molecule is COc1ccc([C@H]2C3=C(CCCC3=O)N(c3ccccc3)C(=N)/C2=C(/O)c2ccc(C)cc2)cc1. The summed E-state index contributed by atoms with van der Waals surface area (Å²) in [5.74, 6) is 0.431. The van der Waals surface area contributed by atoms with Crippen molar-refractivity contribution in [1.29, 1.82) is 5.41 Å². The number of para-hydroxylation sites is 1. The molecule has 3 aromatic rings. The molecule has 5 heteroatoms. The van der Waals surface area contributed by atoms with Gasteiger partial charge in [0.1, 0.15) is 17.3 Å². The van der Waals surface area contributed by atoms with E-state index in [-0.39, 0.29) is 17.4 Å². The minimum absolute atomic E-state index is 0.0154. The van der Waals surface area contributed by atoms with Gasteiger partial charge in [-0.15, -0.1) is 0 Å². The maximum atomic E-state index is 13.5. The number of hydrogen-bond donors (Lipinski definition) is 2. The number of aliphatic hydroxyl groups excluding tert-OH is 1. The number of nitrogens with zero attached hydrogens (tertiary/aromatic N) is 1.